The van der Waals surface area contributed by atoms with Crippen LogP contribution in [-0.4, -0.2) is 36.8 Å². The summed E-state index contributed by atoms with van der Waals surface area (Å²) >= 11 is 0. The number of para-hydroxylation sites is 1. The molecule has 0 spiro atoms. The Balaban J connectivity index is 1.70. The number of aromatic nitrogens is 5. The number of anilines is 1. The van der Waals surface area contributed by atoms with Gasteiger partial charge < -0.3 is 10.1 Å². The van der Waals surface area contributed by atoms with Crippen molar-refractivity contribution >= 4 is 17.4 Å². The van der Waals surface area contributed by atoms with Gasteiger partial charge >= 0.3 is 6.36 Å². The largest absolute Gasteiger partial charge is 0.573 e. The molecule has 3 aromatic heterocycles. The Morgan fingerprint density at radius 2 is 1.90 bits per heavy atom. The Morgan fingerprint density at radius 3 is 2.63 bits per heavy atom. The maximum atomic E-state index is 12.7. The molecule has 11 heteroatoms. The molecule has 30 heavy (non-hydrogen) atoms. The standard InChI is InChI=1S/C19H13F3N6O2/c1-11-8-24-16(10-23-11)27-18(29)13-9-25-28-7-6-14(26-17(13)28)12-4-2-3-5-15(12)30-19(20,21)22/h2-10H,1H3,(H,24,27,29). The third-order valence-electron chi connectivity index (χ3n) is 4.02. The summed E-state index contributed by atoms with van der Waals surface area (Å²) in [4.78, 5) is 25.1. The third kappa shape index (κ3) is 4.04. The lowest BCUT2D eigenvalue weighted by molar-refractivity contribution is -0.274. The average Bonchev–Trinajstić information content (AvgIpc) is 3.12. The van der Waals surface area contributed by atoms with E-state index in [1.807, 2.05) is 0 Å². The van der Waals surface area contributed by atoms with Crippen molar-refractivity contribution in [2.45, 2.75) is 13.3 Å². The quantitative estimate of drug-likeness (QED) is 0.548. The predicted molar refractivity (Wildman–Crippen MR) is 99.8 cm³/mol. The van der Waals surface area contributed by atoms with Crippen molar-refractivity contribution in [2.75, 3.05) is 5.32 Å². The molecule has 0 atom stereocenters. The van der Waals surface area contributed by atoms with Crippen molar-refractivity contribution in [3.63, 3.8) is 0 Å². The number of ether oxygens (including phenoxy) is 1. The molecule has 3 heterocycles. The first-order chi connectivity index (χ1) is 14.3. The number of halogens is 3. The molecule has 0 saturated heterocycles. The molecule has 0 unspecified atom stereocenters. The number of nitrogens with zero attached hydrogens (tertiary/aromatic N) is 5. The molecule has 1 aromatic carbocycles. The minimum Gasteiger partial charge on any atom is -0.405 e. The number of nitrogens with one attached hydrogen (secondary N) is 1. The highest BCUT2D eigenvalue weighted by Gasteiger charge is 2.32. The van der Waals surface area contributed by atoms with Gasteiger partial charge in [0.1, 0.15) is 11.3 Å². The number of carbonyl (C=O) groups is 1. The van der Waals surface area contributed by atoms with E-state index in [9.17, 15) is 18.0 Å². The normalized spacial score (nSPS) is 11.5. The van der Waals surface area contributed by atoms with Crippen LogP contribution in [0.15, 0.2) is 55.1 Å². The summed E-state index contributed by atoms with van der Waals surface area (Å²) in [6.07, 6.45) is 0.852. The van der Waals surface area contributed by atoms with E-state index in [2.05, 4.69) is 30.1 Å². The summed E-state index contributed by atoms with van der Waals surface area (Å²) in [6.45, 7) is 1.76. The lowest BCUT2D eigenvalue weighted by Crippen LogP contribution is -2.17. The van der Waals surface area contributed by atoms with Gasteiger partial charge in [-0.1, -0.05) is 12.1 Å². The first kappa shape index (κ1) is 19.3. The Labute approximate surface area is 167 Å². The molecule has 0 bridgehead atoms. The van der Waals surface area contributed by atoms with Gasteiger partial charge in [-0.15, -0.1) is 13.2 Å². The number of amides is 1. The number of hydrogen-bond acceptors (Lipinski definition) is 6. The van der Waals surface area contributed by atoms with E-state index >= 15 is 0 Å². The molecule has 152 valence electrons. The zero-order valence-corrected chi connectivity index (χ0v) is 15.4. The number of benzene rings is 1. The van der Waals surface area contributed by atoms with Gasteiger partial charge in [0.05, 0.1) is 30.0 Å². The molecule has 0 aliphatic rings. The van der Waals surface area contributed by atoms with E-state index < -0.39 is 18.0 Å². The maximum Gasteiger partial charge on any atom is 0.573 e. The Bertz CT molecular complexity index is 1220. The molecule has 0 aliphatic carbocycles. The number of carbonyl (C=O) groups excluding carboxylic acids is 1. The molecular weight excluding hydrogens is 401 g/mol. The monoisotopic (exact) mass is 414 g/mol. The second-order valence-electron chi connectivity index (χ2n) is 6.18. The number of hydrogen-bond donors (Lipinski definition) is 1. The second-order valence-corrected chi connectivity index (χ2v) is 6.18. The molecule has 0 fully saturated rings. The SMILES string of the molecule is Cc1cnc(NC(=O)c2cnn3ccc(-c4ccccc4OC(F)(F)F)nc23)cn1. The fraction of sp³-hybridized carbons (Fsp3) is 0.105. The average molecular weight is 414 g/mol. The van der Waals surface area contributed by atoms with Gasteiger partial charge in [0.2, 0.25) is 0 Å². The Morgan fingerprint density at radius 1 is 1.10 bits per heavy atom. The van der Waals surface area contributed by atoms with Gasteiger partial charge in [0.25, 0.3) is 5.91 Å². The summed E-state index contributed by atoms with van der Waals surface area (Å²) in [7, 11) is 0. The van der Waals surface area contributed by atoms with Crippen molar-refractivity contribution in [3.05, 3.63) is 66.4 Å². The van der Waals surface area contributed by atoms with Crippen LogP contribution in [0.5, 0.6) is 5.75 Å². The molecule has 1 N–H and O–H groups in total. The van der Waals surface area contributed by atoms with Crippen molar-refractivity contribution in [3.8, 4) is 17.0 Å². The van der Waals surface area contributed by atoms with Crippen LogP contribution in [0.3, 0.4) is 0 Å². The molecule has 0 aliphatic heterocycles. The highest BCUT2D eigenvalue weighted by Crippen LogP contribution is 2.33. The highest BCUT2D eigenvalue weighted by atomic mass is 19.4. The van der Waals surface area contributed by atoms with Crippen LogP contribution in [0.4, 0.5) is 19.0 Å². The van der Waals surface area contributed by atoms with Crippen molar-refractivity contribution in [2.24, 2.45) is 0 Å². The summed E-state index contributed by atoms with van der Waals surface area (Å²) in [5.41, 5.74) is 1.27. The predicted octanol–water partition coefficient (Wildman–Crippen LogP) is 3.65. The lowest BCUT2D eigenvalue weighted by atomic mass is 10.1. The molecule has 4 rings (SSSR count). The fourth-order valence-corrected chi connectivity index (χ4v) is 2.71. The van der Waals surface area contributed by atoms with Crippen LogP contribution in [0.2, 0.25) is 0 Å². The summed E-state index contributed by atoms with van der Waals surface area (Å²) < 4.78 is 43.6. The third-order valence-corrected chi connectivity index (χ3v) is 4.02. The van der Waals surface area contributed by atoms with Gasteiger partial charge in [-0.3, -0.25) is 9.78 Å². The van der Waals surface area contributed by atoms with E-state index in [1.54, 1.807) is 13.0 Å². The van der Waals surface area contributed by atoms with E-state index in [0.717, 1.165) is 0 Å². The number of aryl methyl sites for hydroxylation is 1. The van der Waals surface area contributed by atoms with Crippen LogP contribution in [0, 0.1) is 6.92 Å². The second kappa shape index (κ2) is 7.43. The summed E-state index contributed by atoms with van der Waals surface area (Å²) in [6, 6.07) is 7.09. The van der Waals surface area contributed by atoms with Gasteiger partial charge in [0, 0.05) is 11.8 Å². The van der Waals surface area contributed by atoms with Crippen LogP contribution in [0.25, 0.3) is 16.9 Å². The number of fused-ring (bicyclic) bond motifs is 1. The van der Waals surface area contributed by atoms with Crippen molar-refractivity contribution < 1.29 is 22.7 Å². The van der Waals surface area contributed by atoms with E-state index in [4.69, 9.17) is 0 Å². The first-order valence-electron chi connectivity index (χ1n) is 8.60. The topological polar surface area (TPSA) is 94.3 Å². The molecule has 0 saturated carbocycles. The van der Waals surface area contributed by atoms with Crippen LogP contribution in [-0.2, 0) is 0 Å². The van der Waals surface area contributed by atoms with E-state index in [1.165, 1.54) is 53.6 Å². The minimum atomic E-state index is -4.85. The lowest BCUT2D eigenvalue weighted by Gasteiger charge is -2.13. The molecule has 4 aromatic rings. The number of rotatable bonds is 4. The Hall–Kier alpha value is -4.02. The Kier molecular flexibility index (Phi) is 4.78. The molecular formula is C19H13F3N6O2. The molecule has 1 amide bonds. The smallest absolute Gasteiger partial charge is 0.405 e. The van der Waals surface area contributed by atoms with E-state index in [-0.39, 0.29) is 28.3 Å². The fourth-order valence-electron chi connectivity index (χ4n) is 2.71. The summed E-state index contributed by atoms with van der Waals surface area (Å²) in [5.74, 6) is -0.694. The van der Waals surface area contributed by atoms with Gasteiger partial charge in [-0.2, -0.15) is 5.10 Å². The zero-order chi connectivity index (χ0) is 21.3. The van der Waals surface area contributed by atoms with Gasteiger partial charge in [0.15, 0.2) is 11.5 Å². The molecule has 8 nitrogen and oxygen atoms in total. The molecule has 0 radical (unpaired) electrons. The minimum absolute atomic E-state index is 0.119. The van der Waals surface area contributed by atoms with Crippen LogP contribution in [0.1, 0.15) is 16.1 Å². The van der Waals surface area contributed by atoms with Crippen molar-refractivity contribution in [1.82, 2.24) is 24.6 Å². The van der Waals surface area contributed by atoms with Crippen LogP contribution < -0.4 is 10.1 Å². The van der Waals surface area contributed by atoms with Gasteiger partial charge in [-0.05, 0) is 25.1 Å². The number of alkyl halides is 3. The maximum absolute atomic E-state index is 12.7. The summed E-state index contributed by atoms with van der Waals surface area (Å²) in [5, 5.41) is 6.64. The highest BCUT2D eigenvalue weighted by molar-refractivity contribution is 6.07. The van der Waals surface area contributed by atoms with Crippen LogP contribution >= 0.6 is 0 Å². The first-order valence-corrected chi connectivity index (χ1v) is 8.60. The van der Waals surface area contributed by atoms with Crippen molar-refractivity contribution in [1.29, 1.82) is 0 Å². The van der Waals surface area contributed by atoms with Gasteiger partial charge in [-0.25, -0.2) is 14.5 Å². The zero-order valence-electron chi connectivity index (χ0n) is 15.4. The van der Waals surface area contributed by atoms with E-state index in [0.29, 0.717) is 5.69 Å².